The summed E-state index contributed by atoms with van der Waals surface area (Å²) in [6, 6.07) is 0. The van der Waals surface area contributed by atoms with Crippen LogP contribution in [-0.4, -0.2) is 12.7 Å². The van der Waals surface area contributed by atoms with Crippen molar-refractivity contribution in [3.05, 3.63) is 0 Å². The van der Waals surface area contributed by atoms with Crippen LogP contribution in [0.15, 0.2) is 0 Å². The summed E-state index contributed by atoms with van der Waals surface area (Å²) in [5.41, 5.74) is 0. The molecule has 1 saturated heterocycles. The summed E-state index contributed by atoms with van der Waals surface area (Å²) in [4.78, 5) is 0. The molecule has 1 aliphatic heterocycles. The van der Waals surface area contributed by atoms with Gasteiger partial charge < -0.3 is 4.74 Å². The number of ether oxygens (including phenoxy) is 1. The van der Waals surface area contributed by atoms with Crippen molar-refractivity contribution in [1.29, 1.82) is 0 Å². The van der Waals surface area contributed by atoms with E-state index in [0.29, 0.717) is 6.10 Å². The molecule has 0 saturated carbocycles. The summed E-state index contributed by atoms with van der Waals surface area (Å²) in [7, 11) is 0. The van der Waals surface area contributed by atoms with Crippen molar-refractivity contribution in [3.63, 3.8) is 0 Å². The van der Waals surface area contributed by atoms with Gasteiger partial charge in [0.2, 0.25) is 0 Å². The van der Waals surface area contributed by atoms with Crippen molar-refractivity contribution in [2.45, 2.75) is 92.6 Å². The molecular formula is C20H40O. The van der Waals surface area contributed by atoms with Crippen molar-refractivity contribution in [2.24, 2.45) is 29.6 Å². The van der Waals surface area contributed by atoms with Crippen LogP contribution in [0.4, 0.5) is 0 Å². The Balaban J connectivity index is 2.18. The van der Waals surface area contributed by atoms with Gasteiger partial charge in [0.25, 0.3) is 0 Å². The molecular weight excluding hydrogens is 256 g/mol. The largest absolute Gasteiger partial charge is 0.378 e. The molecule has 1 nitrogen and oxygen atoms in total. The van der Waals surface area contributed by atoms with Crippen LogP contribution in [0.2, 0.25) is 0 Å². The number of hydrogen-bond acceptors (Lipinski definition) is 1. The fourth-order valence-corrected chi connectivity index (χ4v) is 4.46. The second-order valence-corrected chi connectivity index (χ2v) is 8.45. The zero-order chi connectivity index (χ0) is 15.8. The number of rotatable bonds is 10. The monoisotopic (exact) mass is 296 g/mol. The van der Waals surface area contributed by atoms with Gasteiger partial charge in [0.15, 0.2) is 0 Å². The predicted octanol–water partition coefficient (Wildman–Crippen LogP) is 6.32. The molecule has 0 aliphatic carbocycles. The van der Waals surface area contributed by atoms with Gasteiger partial charge in [-0.3, -0.25) is 0 Å². The van der Waals surface area contributed by atoms with Crippen molar-refractivity contribution in [2.75, 3.05) is 6.61 Å². The van der Waals surface area contributed by atoms with Gasteiger partial charge in [-0.05, 0) is 61.7 Å². The Kier molecular flexibility index (Phi) is 8.94. The van der Waals surface area contributed by atoms with E-state index in [1.165, 1.54) is 44.9 Å². The average molecular weight is 297 g/mol. The lowest BCUT2D eigenvalue weighted by molar-refractivity contribution is 0.0852. The third-order valence-corrected chi connectivity index (χ3v) is 5.14. The predicted molar refractivity (Wildman–Crippen MR) is 93.6 cm³/mol. The normalized spacial score (nSPS) is 28.3. The van der Waals surface area contributed by atoms with Crippen LogP contribution >= 0.6 is 0 Å². The Bertz CT molecular complexity index is 263. The first-order valence-corrected chi connectivity index (χ1v) is 9.52. The first-order valence-electron chi connectivity index (χ1n) is 9.52. The van der Waals surface area contributed by atoms with Gasteiger partial charge in [-0.25, -0.2) is 0 Å². The first-order chi connectivity index (χ1) is 9.90. The van der Waals surface area contributed by atoms with Crippen LogP contribution in [0.5, 0.6) is 0 Å². The Labute approximate surface area is 134 Å². The molecule has 126 valence electrons. The smallest absolute Gasteiger partial charge is 0.0581 e. The Morgan fingerprint density at radius 3 is 2.00 bits per heavy atom. The third-order valence-electron chi connectivity index (χ3n) is 5.14. The van der Waals surface area contributed by atoms with E-state index in [1.807, 2.05) is 0 Å². The van der Waals surface area contributed by atoms with E-state index in [9.17, 15) is 0 Å². The van der Waals surface area contributed by atoms with Crippen molar-refractivity contribution < 1.29 is 4.74 Å². The van der Waals surface area contributed by atoms with E-state index in [0.717, 1.165) is 36.2 Å². The molecule has 0 aromatic rings. The molecule has 6 atom stereocenters. The molecule has 0 radical (unpaired) electrons. The van der Waals surface area contributed by atoms with E-state index in [2.05, 4.69) is 41.5 Å². The molecule has 0 bridgehead atoms. The van der Waals surface area contributed by atoms with Gasteiger partial charge >= 0.3 is 0 Å². The minimum absolute atomic E-state index is 0.546. The van der Waals surface area contributed by atoms with Gasteiger partial charge in [-0.1, -0.05) is 54.4 Å². The highest BCUT2D eigenvalue weighted by Gasteiger charge is 2.24. The summed E-state index contributed by atoms with van der Waals surface area (Å²) in [6.07, 6.45) is 10.0. The second-order valence-electron chi connectivity index (χ2n) is 8.45. The molecule has 0 aromatic carbocycles. The Morgan fingerprint density at radius 2 is 1.48 bits per heavy atom. The van der Waals surface area contributed by atoms with E-state index >= 15 is 0 Å². The standard InChI is InChI=1S/C20H40O/c1-7-8-15(2)9-16(3)10-17(4)11-18(5)12-20-13-19(6)14-21-20/h15-20H,7-14H2,1-6H3/t15?,16?,17?,18-,19?,20+/m1/s1. The van der Waals surface area contributed by atoms with Gasteiger partial charge in [-0.2, -0.15) is 0 Å². The quantitative estimate of drug-likeness (QED) is 0.458. The molecule has 0 aromatic heterocycles. The summed E-state index contributed by atoms with van der Waals surface area (Å²) < 4.78 is 5.88. The fourth-order valence-electron chi connectivity index (χ4n) is 4.46. The van der Waals surface area contributed by atoms with Gasteiger partial charge in [0.1, 0.15) is 0 Å². The van der Waals surface area contributed by atoms with E-state index in [-0.39, 0.29) is 0 Å². The SMILES string of the molecule is CCCC(C)CC(C)CC(C)C[C@@H](C)C[C@H]1CC(C)CO1. The highest BCUT2D eigenvalue weighted by molar-refractivity contribution is 4.74. The number of hydrogen-bond donors (Lipinski definition) is 0. The molecule has 0 N–H and O–H groups in total. The highest BCUT2D eigenvalue weighted by Crippen LogP contribution is 2.30. The lowest BCUT2D eigenvalue weighted by atomic mass is 9.83. The Hall–Kier alpha value is -0.0400. The minimum atomic E-state index is 0.546. The van der Waals surface area contributed by atoms with Crippen LogP contribution in [0, 0.1) is 29.6 Å². The highest BCUT2D eigenvalue weighted by atomic mass is 16.5. The maximum absolute atomic E-state index is 5.88. The molecule has 1 heteroatoms. The lowest BCUT2D eigenvalue weighted by Gasteiger charge is -2.24. The summed E-state index contributed by atoms with van der Waals surface area (Å²) >= 11 is 0. The molecule has 1 rings (SSSR count). The fraction of sp³-hybridized carbons (Fsp3) is 1.00. The molecule has 1 aliphatic rings. The average Bonchev–Trinajstić information content (AvgIpc) is 2.73. The van der Waals surface area contributed by atoms with Crippen molar-refractivity contribution >= 4 is 0 Å². The third kappa shape index (κ3) is 8.24. The first kappa shape index (κ1) is 19.0. The van der Waals surface area contributed by atoms with E-state index in [4.69, 9.17) is 4.74 Å². The molecule has 21 heavy (non-hydrogen) atoms. The lowest BCUT2D eigenvalue weighted by Crippen LogP contribution is -2.15. The topological polar surface area (TPSA) is 9.23 Å². The van der Waals surface area contributed by atoms with Crippen molar-refractivity contribution in [1.82, 2.24) is 0 Å². The molecule has 0 amide bonds. The van der Waals surface area contributed by atoms with E-state index < -0.39 is 0 Å². The summed E-state index contributed by atoms with van der Waals surface area (Å²) in [6.45, 7) is 15.4. The van der Waals surface area contributed by atoms with Crippen molar-refractivity contribution in [3.8, 4) is 0 Å². The molecule has 1 heterocycles. The molecule has 4 unspecified atom stereocenters. The van der Waals surface area contributed by atoms with Crippen LogP contribution in [0.3, 0.4) is 0 Å². The molecule has 1 fully saturated rings. The zero-order valence-corrected chi connectivity index (χ0v) is 15.5. The van der Waals surface area contributed by atoms with Gasteiger partial charge in [-0.15, -0.1) is 0 Å². The van der Waals surface area contributed by atoms with Gasteiger partial charge in [0, 0.05) is 6.61 Å². The van der Waals surface area contributed by atoms with Crippen LogP contribution in [0.1, 0.15) is 86.5 Å². The van der Waals surface area contributed by atoms with Crippen LogP contribution in [-0.2, 0) is 4.74 Å². The van der Waals surface area contributed by atoms with Gasteiger partial charge in [0.05, 0.1) is 6.10 Å². The minimum Gasteiger partial charge on any atom is -0.378 e. The summed E-state index contributed by atoms with van der Waals surface area (Å²) in [5, 5.41) is 0. The zero-order valence-electron chi connectivity index (χ0n) is 15.5. The molecule has 0 spiro atoms. The van der Waals surface area contributed by atoms with Crippen LogP contribution < -0.4 is 0 Å². The second kappa shape index (κ2) is 9.87. The Morgan fingerprint density at radius 1 is 0.905 bits per heavy atom. The van der Waals surface area contributed by atoms with E-state index in [1.54, 1.807) is 0 Å². The summed E-state index contributed by atoms with van der Waals surface area (Å²) in [5.74, 6) is 4.25. The maximum Gasteiger partial charge on any atom is 0.0581 e. The maximum atomic E-state index is 5.88. The van der Waals surface area contributed by atoms with Crippen LogP contribution in [0.25, 0.3) is 0 Å².